The maximum absolute atomic E-state index is 11.2. The summed E-state index contributed by atoms with van der Waals surface area (Å²) in [6.07, 6.45) is -18.1. The van der Waals surface area contributed by atoms with E-state index in [2.05, 4.69) is 0 Å². The number of aliphatic hydroxyl groups excluding tert-OH is 8. The van der Waals surface area contributed by atoms with Crippen molar-refractivity contribution in [2.75, 3.05) is 26.4 Å². The molecule has 0 radical (unpaired) electrons. The second-order valence-electron chi connectivity index (χ2n) is 11.9. The van der Waals surface area contributed by atoms with Gasteiger partial charge in [0.05, 0.1) is 43.6 Å². The highest BCUT2D eigenvalue weighted by molar-refractivity contribution is 5.02. The zero-order valence-electron chi connectivity index (χ0n) is 24.1. The minimum Gasteiger partial charge on any atom is -0.396 e. The van der Waals surface area contributed by atoms with Crippen LogP contribution >= 0.6 is 0 Å². The Morgan fingerprint density at radius 3 is 1.70 bits per heavy atom. The first kappa shape index (κ1) is 36.1. The SMILES string of the molecule is NCC1O[C@H](O[C@@H]2C(O)[C@H](O[C@@H]3C(O)[C@H](N)CC(N)[C@H]3O[C@H]3OC(CO)[C@@H](CCO)C(O)[C@@H]3N)O[C@@H]2CO)C(N)C(O)[C@@H]1O. The van der Waals surface area contributed by atoms with Crippen LogP contribution in [0.25, 0.3) is 0 Å². The summed E-state index contributed by atoms with van der Waals surface area (Å²) in [5.74, 6) is -0.675. The van der Waals surface area contributed by atoms with Gasteiger partial charge in [0.15, 0.2) is 18.9 Å². The summed E-state index contributed by atoms with van der Waals surface area (Å²) in [6, 6.07) is -4.12. The van der Waals surface area contributed by atoms with Crippen molar-refractivity contribution in [2.24, 2.45) is 34.6 Å². The summed E-state index contributed by atoms with van der Waals surface area (Å²) in [7, 11) is 0. The number of hydrogen-bond acceptors (Lipinski definition) is 19. The van der Waals surface area contributed by atoms with Gasteiger partial charge in [0, 0.05) is 31.2 Å². The molecule has 19 atom stereocenters. The van der Waals surface area contributed by atoms with Gasteiger partial charge in [-0.15, -0.1) is 0 Å². The predicted molar refractivity (Wildman–Crippen MR) is 146 cm³/mol. The Morgan fingerprint density at radius 1 is 0.568 bits per heavy atom. The van der Waals surface area contributed by atoms with Crippen LogP contribution in [0, 0.1) is 5.92 Å². The van der Waals surface area contributed by atoms with Crippen LogP contribution in [0.5, 0.6) is 0 Å². The van der Waals surface area contributed by atoms with Gasteiger partial charge in [0.25, 0.3) is 0 Å². The van der Waals surface area contributed by atoms with E-state index in [9.17, 15) is 40.9 Å². The van der Waals surface area contributed by atoms with Crippen LogP contribution in [0.15, 0.2) is 0 Å². The largest absolute Gasteiger partial charge is 0.396 e. The molecule has 4 aliphatic rings. The molecule has 0 aromatic rings. The third-order valence-electron chi connectivity index (χ3n) is 8.97. The van der Waals surface area contributed by atoms with Gasteiger partial charge in [-0.25, -0.2) is 0 Å². The third-order valence-corrected chi connectivity index (χ3v) is 8.97. The van der Waals surface area contributed by atoms with Crippen LogP contribution in [0.3, 0.4) is 0 Å². The van der Waals surface area contributed by atoms with Crippen molar-refractivity contribution < 1.29 is 69.3 Å². The molecule has 1 saturated carbocycles. The van der Waals surface area contributed by atoms with Gasteiger partial charge in [0.1, 0.15) is 48.8 Å². The quantitative estimate of drug-likeness (QED) is 0.0993. The molecule has 0 bridgehead atoms. The lowest BCUT2D eigenvalue weighted by molar-refractivity contribution is -0.306. The van der Waals surface area contributed by atoms with Crippen molar-refractivity contribution in [3.8, 4) is 0 Å². The molecule has 19 nitrogen and oxygen atoms in total. The lowest BCUT2D eigenvalue weighted by Crippen LogP contribution is -2.67. The summed E-state index contributed by atoms with van der Waals surface area (Å²) in [5, 5.41) is 82.6. The number of hydrogen-bond donors (Lipinski definition) is 13. The maximum Gasteiger partial charge on any atom is 0.187 e. The van der Waals surface area contributed by atoms with Crippen LogP contribution in [0.2, 0.25) is 0 Å². The molecule has 4 rings (SSSR count). The Labute approximate surface area is 253 Å². The van der Waals surface area contributed by atoms with Crippen LogP contribution < -0.4 is 28.7 Å². The van der Waals surface area contributed by atoms with E-state index in [-0.39, 0.29) is 26.0 Å². The molecule has 3 aliphatic heterocycles. The first-order chi connectivity index (χ1) is 20.9. The highest BCUT2D eigenvalue weighted by atomic mass is 16.8. The topological polar surface area (TPSA) is 347 Å². The summed E-state index contributed by atoms with van der Waals surface area (Å²) in [6.45, 7) is -1.59. The fourth-order valence-corrected chi connectivity index (χ4v) is 6.31. The Balaban J connectivity index is 1.49. The fraction of sp³-hybridized carbons (Fsp3) is 1.00. The van der Waals surface area contributed by atoms with E-state index in [0.717, 1.165) is 0 Å². The smallest absolute Gasteiger partial charge is 0.187 e. The van der Waals surface area contributed by atoms with Gasteiger partial charge in [0.2, 0.25) is 0 Å². The van der Waals surface area contributed by atoms with Crippen molar-refractivity contribution in [3.63, 3.8) is 0 Å². The Bertz CT molecular complexity index is 898. The molecule has 3 saturated heterocycles. The maximum atomic E-state index is 11.2. The minimum atomic E-state index is -1.61. The van der Waals surface area contributed by atoms with E-state index in [4.69, 9.17) is 57.1 Å². The van der Waals surface area contributed by atoms with E-state index in [1.807, 2.05) is 0 Å². The lowest BCUT2D eigenvalue weighted by atomic mass is 9.83. The fourth-order valence-electron chi connectivity index (χ4n) is 6.31. The summed E-state index contributed by atoms with van der Waals surface area (Å²) in [5.41, 5.74) is 30.3. The first-order valence-corrected chi connectivity index (χ1v) is 14.8. The number of ether oxygens (including phenoxy) is 6. The number of aliphatic hydroxyl groups is 8. The Morgan fingerprint density at radius 2 is 1.11 bits per heavy atom. The van der Waals surface area contributed by atoms with Gasteiger partial charge in [-0.1, -0.05) is 0 Å². The summed E-state index contributed by atoms with van der Waals surface area (Å²) in [4.78, 5) is 0. The molecule has 0 aromatic carbocycles. The first-order valence-electron chi connectivity index (χ1n) is 14.8. The second-order valence-corrected chi connectivity index (χ2v) is 11.9. The Hall–Kier alpha value is -0.760. The number of nitrogens with two attached hydrogens (primary N) is 5. The minimum absolute atomic E-state index is 0.0826. The highest BCUT2D eigenvalue weighted by Gasteiger charge is 2.54. The van der Waals surface area contributed by atoms with Gasteiger partial charge in [-0.3, -0.25) is 0 Å². The molecule has 19 heteroatoms. The van der Waals surface area contributed by atoms with Crippen molar-refractivity contribution >= 4 is 0 Å². The molecule has 3 heterocycles. The van der Waals surface area contributed by atoms with Gasteiger partial charge in [-0.05, 0) is 12.8 Å². The van der Waals surface area contributed by atoms with E-state index in [1.165, 1.54) is 0 Å². The third kappa shape index (κ3) is 7.21. The second kappa shape index (κ2) is 15.4. The molecule has 4 fully saturated rings. The van der Waals surface area contributed by atoms with E-state index >= 15 is 0 Å². The zero-order valence-corrected chi connectivity index (χ0v) is 24.1. The van der Waals surface area contributed by atoms with Gasteiger partial charge < -0.3 is 97.9 Å². The van der Waals surface area contributed by atoms with Crippen LogP contribution in [0.1, 0.15) is 12.8 Å². The van der Waals surface area contributed by atoms with Crippen molar-refractivity contribution in [3.05, 3.63) is 0 Å². The van der Waals surface area contributed by atoms with Crippen LogP contribution in [-0.4, -0.2) is 177 Å². The van der Waals surface area contributed by atoms with Gasteiger partial charge >= 0.3 is 0 Å². The standard InChI is InChI=1S/C25H49N5O14/c26-4-10-17(36)18(37)14(30)24(39-10)43-21-12(6-33)41-25(19(21)38)44-22-16(35)8(27)3-9(28)20(22)42-23-13(29)15(34)7(1-2-31)11(5-32)40-23/h7-25,31-38H,1-6,26-30H2/t7-,8-,9?,10?,11?,12-,13+,14?,15?,16?,17-,18?,19?,20-,21+,22-,23-,24-,25+/m1/s1. The van der Waals surface area contributed by atoms with Crippen molar-refractivity contribution in [1.82, 2.24) is 0 Å². The average molecular weight is 644 g/mol. The highest BCUT2D eigenvalue weighted by Crippen LogP contribution is 2.35. The predicted octanol–water partition coefficient (Wildman–Crippen LogP) is -8.22. The molecule has 1 aliphatic carbocycles. The molecule has 44 heavy (non-hydrogen) atoms. The molecular weight excluding hydrogens is 594 g/mol. The Kier molecular flexibility index (Phi) is 12.7. The monoisotopic (exact) mass is 643 g/mol. The lowest BCUT2D eigenvalue weighted by Gasteiger charge is -2.48. The van der Waals surface area contributed by atoms with E-state index < -0.39 is 129 Å². The molecule has 0 spiro atoms. The summed E-state index contributed by atoms with van der Waals surface area (Å²) < 4.78 is 35.0. The molecule has 0 aromatic heterocycles. The molecule has 258 valence electrons. The van der Waals surface area contributed by atoms with E-state index in [1.54, 1.807) is 0 Å². The molecule has 8 unspecified atom stereocenters. The molecular formula is C25H49N5O14. The van der Waals surface area contributed by atoms with Crippen molar-refractivity contribution in [2.45, 2.75) is 123 Å². The van der Waals surface area contributed by atoms with Gasteiger partial charge in [-0.2, -0.15) is 0 Å². The van der Waals surface area contributed by atoms with Crippen LogP contribution in [0.4, 0.5) is 0 Å². The van der Waals surface area contributed by atoms with Crippen molar-refractivity contribution in [1.29, 1.82) is 0 Å². The molecule has 18 N–H and O–H groups in total. The summed E-state index contributed by atoms with van der Waals surface area (Å²) >= 11 is 0. The normalized spacial score (nSPS) is 51.9. The van der Waals surface area contributed by atoms with Crippen LogP contribution in [-0.2, 0) is 28.4 Å². The molecule has 0 amide bonds. The number of rotatable bonds is 11. The average Bonchev–Trinajstić information content (AvgIpc) is 3.30. The van der Waals surface area contributed by atoms with E-state index in [0.29, 0.717) is 0 Å². The zero-order chi connectivity index (χ0) is 32.5.